The minimum absolute atomic E-state index is 0.160. The summed E-state index contributed by atoms with van der Waals surface area (Å²) in [5.74, 6) is 1.18. The maximum atomic E-state index is 12.2. The first-order chi connectivity index (χ1) is 7.60. The molecule has 1 aliphatic heterocycles. The Bertz CT molecular complexity index is 230. The molecule has 1 amide bonds. The lowest BCUT2D eigenvalue weighted by molar-refractivity contribution is -0.139. The molecular formula is C13H26N2O. The van der Waals surface area contributed by atoms with E-state index in [0.29, 0.717) is 18.4 Å². The number of hydrogen-bond acceptors (Lipinski definition) is 2. The molecule has 0 aromatic heterocycles. The number of nitrogens with zero attached hydrogens (tertiary/aromatic N) is 1. The standard InChI is InChI=1S/C13H26N2O/c1-4-5-11(3)13(16)15-7-6-10(2)8-12(15)9-14/h10-12H,4-9,14H2,1-3H3. The van der Waals surface area contributed by atoms with Gasteiger partial charge in [-0.1, -0.05) is 27.2 Å². The van der Waals surface area contributed by atoms with Crippen molar-refractivity contribution in [3.05, 3.63) is 0 Å². The second-order valence-electron chi connectivity index (χ2n) is 5.24. The lowest BCUT2D eigenvalue weighted by Gasteiger charge is -2.39. The van der Waals surface area contributed by atoms with Crippen LogP contribution in [-0.4, -0.2) is 29.9 Å². The van der Waals surface area contributed by atoms with E-state index in [9.17, 15) is 4.79 Å². The van der Waals surface area contributed by atoms with E-state index in [0.717, 1.165) is 32.2 Å². The molecule has 0 aromatic rings. The zero-order valence-electron chi connectivity index (χ0n) is 10.9. The van der Waals surface area contributed by atoms with Gasteiger partial charge in [-0.05, 0) is 25.2 Å². The highest BCUT2D eigenvalue weighted by molar-refractivity contribution is 5.78. The molecule has 0 spiro atoms. The fourth-order valence-electron chi connectivity index (χ4n) is 2.60. The van der Waals surface area contributed by atoms with Crippen molar-refractivity contribution in [1.82, 2.24) is 4.90 Å². The van der Waals surface area contributed by atoms with Gasteiger partial charge >= 0.3 is 0 Å². The summed E-state index contributed by atoms with van der Waals surface area (Å²) in [6, 6.07) is 0.274. The van der Waals surface area contributed by atoms with Crippen LogP contribution < -0.4 is 5.73 Å². The van der Waals surface area contributed by atoms with Crippen LogP contribution in [0.15, 0.2) is 0 Å². The smallest absolute Gasteiger partial charge is 0.225 e. The van der Waals surface area contributed by atoms with Crippen molar-refractivity contribution in [2.24, 2.45) is 17.6 Å². The molecule has 94 valence electrons. The van der Waals surface area contributed by atoms with E-state index < -0.39 is 0 Å². The van der Waals surface area contributed by atoms with Crippen LogP contribution in [0.1, 0.15) is 46.5 Å². The molecule has 3 unspecified atom stereocenters. The Kier molecular flexibility index (Phi) is 5.26. The van der Waals surface area contributed by atoms with Crippen LogP contribution in [0.3, 0.4) is 0 Å². The van der Waals surface area contributed by atoms with E-state index in [-0.39, 0.29) is 12.0 Å². The largest absolute Gasteiger partial charge is 0.338 e. The number of carbonyl (C=O) groups is 1. The zero-order valence-corrected chi connectivity index (χ0v) is 10.9. The number of carbonyl (C=O) groups excluding carboxylic acids is 1. The summed E-state index contributed by atoms with van der Waals surface area (Å²) in [6.07, 6.45) is 4.26. The normalized spacial score (nSPS) is 27.9. The van der Waals surface area contributed by atoms with E-state index >= 15 is 0 Å². The number of hydrogen-bond donors (Lipinski definition) is 1. The van der Waals surface area contributed by atoms with Crippen LogP contribution in [0.4, 0.5) is 0 Å². The molecule has 3 heteroatoms. The molecule has 0 saturated carbocycles. The van der Waals surface area contributed by atoms with Gasteiger partial charge in [0.1, 0.15) is 0 Å². The van der Waals surface area contributed by atoms with Gasteiger partial charge in [0, 0.05) is 25.0 Å². The first-order valence-corrected chi connectivity index (χ1v) is 6.60. The van der Waals surface area contributed by atoms with E-state index in [1.165, 1.54) is 0 Å². The highest BCUT2D eigenvalue weighted by Crippen LogP contribution is 2.24. The number of amides is 1. The van der Waals surface area contributed by atoms with Crippen LogP contribution in [0.2, 0.25) is 0 Å². The van der Waals surface area contributed by atoms with Crippen LogP contribution in [0.5, 0.6) is 0 Å². The molecule has 3 atom stereocenters. The molecule has 1 heterocycles. The van der Waals surface area contributed by atoms with Gasteiger partial charge in [0.05, 0.1) is 0 Å². The average molecular weight is 226 g/mol. The van der Waals surface area contributed by atoms with Crippen LogP contribution in [0.25, 0.3) is 0 Å². The molecular weight excluding hydrogens is 200 g/mol. The van der Waals surface area contributed by atoms with Gasteiger partial charge in [-0.3, -0.25) is 4.79 Å². The Morgan fingerprint density at radius 2 is 2.25 bits per heavy atom. The third kappa shape index (κ3) is 3.21. The van der Waals surface area contributed by atoms with Crippen LogP contribution in [-0.2, 0) is 4.79 Å². The average Bonchev–Trinajstić information content (AvgIpc) is 2.28. The minimum atomic E-state index is 0.160. The minimum Gasteiger partial charge on any atom is -0.338 e. The summed E-state index contributed by atoms with van der Waals surface area (Å²) in [7, 11) is 0. The first-order valence-electron chi connectivity index (χ1n) is 6.60. The van der Waals surface area contributed by atoms with Crippen molar-refractivity contribution in [3.8, 4) is 0 Å². The fourth-order valence-corrected chi connectivity index (χ4v) is 2.60. The summed E-state index contributed by atoms with van der Waals surface area (Å²) in [4.78, 5) is 14.3. The molecule has 0 aliphatic carbocycles. The molecule has 1 fully saturated rings. The van der Waals surface area contributed by atoms with E-state index in [1.54, 1.807) is 0 Å². The molecule has 0 aromatic carbocycles. The molecule has 0 radical (unpaired) electrons. The maximum absolute atomic E-state index is 12.2. The second kappa shape index (κ2) is 6.24. The summed E-state index contributed by atoms with van der Waals surface area (Å²) in [5.41, 5.74) is 5.77. The summed E-state index contributed by atoms with van der Waals surface area (Å²) < 4.78 is 0. The highest BCUT2D eigenvalue weighted by atomic mass is 16.2. The Balaban J connectivity index is 2.59. The number of nitrogens with two attached hydrogens (primary N) is 1. The SMILES string of the molecule is CCCC(C)C(=O)N1CCC(C)CC1CN. The predicted octanol–water partition coefficient (Wildman–Crippen LogP) is 2.01. The molecule has 1 rings (SSSR count). The number of rotatable bonds is 4. The van der Waals surface area contributed by atoms with Crippen molar-refractivity contribution in [2.75, 3.05) is 13.1 Å². The van der Waals surface area contributed by atoms with Gasteiger partial charge in [0.2, 0.25) is 5.91 Å². The molecule has 3 nitrogen and oxygen atoms in total. The van der Waals surface area contributed by atoms with Gasteiger partial charge in [-0.2, -0.15) is 0 Å². The quantitative estimate of drug-likeness (QED) is 0.797. The van der Waals surface area contributed by atoms with Gasteiger partial charge in [-0.25, -0.2) is 0 Å². The van der Waals surface area contributed by atoms with Crippen LogP contribution in [0, 0.1) is 11.8 Å². The van der Waals surface area contributed by atoms with Crippen molar-refractivity contribution in [3.63, 3.8) is 0 Å². The molecule has 1 saturated heterocycles. The van der Waals surface area contributed by atoms with E-state index in [4.69, 9.17) is 5.73 Å². The third-order valence-corrected chi connectivity index (χ3v) is 3.68. The Morgan fingerprint density at radius 1 is 1.56 bits per heavy atom. The lowest BCUT2D eigenvalue weighted by atomic mass is 9.91. The molecule has 0 bridgehead atoms. The monoisotopic (exact) mass is 226 g/mol. The second-order valence-corrected chi connectivity index (χ2v) is 5.24. The van der Waals surface area contributed by atoms with Gasteiger partial charge in [0.15, 0.2) is 0 Å². The van der Waals surface area contributed by atoms with Crippen LogP contribution >= 0.6 is 0 Å². The van der Waals surface area contributed by atoms with E-state index in [1.807, 2.05) is 11.8 Å². The molecule has 1 aliphatic rings. The van der Waals surface area contributed by atoms with Crippen molar-refractivity contribution < 1.29 is 4.79 Å². The first kappa shape index (κ1) is 13.5. The lowest BCUT2D eigenvalue weighted by Crippen LogP contribution is -2.50. The maximum Gasteiger partial charge on any atom is 0.225 e. The van der Waals surface area contributed by atoms with Gasteiger partial charge in [0.25, 0.3) is 0 Å². The predicted molar refractivity (Wildman–Crippen MR) is 67.0 cm³/mol. The topological polar surface area (TPSA) is 46.3 Å². The Labute approximate surface area is 99.4 Å². The number of piperidine rings is 1. The van der Waals surface area contributed by atoms with Gasteiger partial charge < -0.3 is 10.6 Å². The summed E-state index contributed by atoms with van der Waals surface area (Å²) in [5, 5.41) is 0. The van der Waals surface area contributed by atoms with E-state index in [2.05, 4.69) is 13.8 Å². The Morgan fingerprint density at radius 3 is 2.81 bits per heavy atom. The third-order valence-electron chi connectivity index (χ3n) is 3.68. The fraction of sp³-hybridized carbons (Fsp3) is 0.923. The summed E-state index contributed by atoms with van der Waals surface area (Å²) >= 11 is 0. The zero-order chi connectivity index (χ0) is 12.1. The number of likely N-dealkylation sites (tertiary alicyclic amines) is 1. The molecule has 2 N–H and O–H groups in total. The molecule has 16 heavy (non-hydrogen) atoms. The highest BCUT2D eigenvalue weighted by Gasteiger charge is 2.30. The van der Waals surface area contributed by atoms with Gasteiger partial charge in [-0.15, -0.1) is 0 Å². The van der Waals surface area contributed by atoms with Crippen molar-refractivity contribution in [1.29, 1.82) is 0 Å². The Hall–Kier alpha value is -0.570. The van der Waals surface area contributed by atoms with Crippen molar-refractivity contribution in [2.45, 2.75) is 52.5 Å². The summed E-state index contributed by atoms with van der Waals surface area (Å²) in [6.45, 7) is 7.92. The van der Waals surface area contributed by atoms with Crippen molar-refractivity contribution >= 4 is 5.91 Å².